The first kappa shape index (κ1) is 15.2. The van der Waals surface area contributed by atoms with E-state index in [0.717, 1.165) is 16.8 Å². The van der Waals surface area contributed by atoms with Crippen LogP contribution < -0.4 is 10.1 Å². The van der Waals surface area contributed by atoms with Gasteiger partial charge in [-0.3, -0.25) is 4.98 Å². The maximum absolute atomic E-state index is 11.2. The SMILES string of the molecule is COc1ncccc1-c1ccncc1NCCS(C)(=O)=O. The van der Waals surface area contributed by atoms with E-state index in [1.54, 1.807) is 25.7 Å². The van der Waals surface area contributed by atoms with Crippen molar-refractivity contribution in [1.82, 2.24) is 9.97 Å². The molecule has 0 unspecified atom stereocenters. The zero-order valence-corrected chi connectivity index (χ0v) is 12.7. The zero-order chi connectivity index (χ0) is 15.3. The highest BCUT2D eigenvalue weighted by Gasteiger charge is 2.11. The van der Waals surface area contributed by atoms with E-state index in [1.807, 2.05) is 18.2 Å². The van der Waals surface area contributed by atoms with Crippen LogP contribution >= 0.6 is 0 Å². The van der Waals surface area contributed by atoms with Gasteiger partial charge in [-0.1, -0.05) is 0 Å². The van der Waals surface area contributed by atoms with E-state index in [9.17, 15) is 8.42 Å². The average Bonchev–Trinajstić information content (AvgIpc) is 2.46. The van der Waals surface area contributed by atoms with Crippen LogP contribution in [0.25, 0.3) is 11.1 Å². The fourth-order valence-corrected chi connectivity index (χ4v) is 2.37. The Labute approximate surface area is 124 Å². The third-order valence-electron chi connectivity index (χ3n) is 2.86. The van der Waals surface area contributed by atoms with Gasteiger partial charge in [-0.25, -0.2) is 13.4 Å². The lowest BCUT2D eigenvalue weighted by molar-refractivity contribution is 0.399. The van der Waals surface area contributed by atoms with Gasteiger partial charge in [-0.2, -0.15) is 0 Å². The van der Waals surface area contributed by atoms with E-state index in [2.05, 4.69) is 15.3 Å². The summed E-state index contributed by atoms with van der Waals surface area (Å²) < 4.78 is 27.6. The third-order valence-corrected chi connectivity index (χ3v) is 3.81. The topological polar surface area (TPSA) is 81.2 Å². The van der Waals surface area contributed by atoms with Crippen molar-refractivity contribution in [2.24, 2.45) is 0 Å². The number of hydrogen-bond acceptors (Lipinski definition) is 6. The molecule has 0 radical (unpaired) electrons. The highest BCUT2D eigenvalue weighted by molar-refractivity contribution is 7.90. The molecule has 0 saturated heterocycles. The van der Waals surface area contributed by atoms with Gasteiger partial charge >= 0.3 is 0 Å². The monoisotopic (exact) mass is 307 g/mol. The first-order valence-electron chi connectivity index (χ1n) is 6.36. The third kappa shape index (κ3) is 4.16. The van der Waals surface area contributed by atoms with E-state index < -0.39 is 9.84 Å². The molecule has 21 heavy (non-hydrogen) atoms. The second-order valence-electron chi connectivity index (χ2n) is 4.54. The Morgan fingerprint density at radius 1 is 1.24 bits per heavy atom. The predicted octanol–water partition coefficient (Wildman–Crippen LogP) is 1.61. The zero-order valence-electron chi connectivity index (χ0n) is 11.9. The maximum atomic E-state index is 11.2. The fraction of sp³-hybridized carbons (Fsp3) is 0.286. The predicted molar refractivity (Wildman–Crippen MR) is 82.2 cm³/mol. The molecule has 0 fully saturated rings. The molecule has 2 aromatic rings. The van der Waals surface area contributed by atoms with Gasteiger partial charge in [0.05, 0.1) is 24.7 Å². The van der Waals surface area contributed by atoms with Gasteiger partial charge in [-0.05, 0) is 18.2 Å². The van der Waals surface area contributed by atoms with Gasteiger partial charge in [0.1, 0.15) is 9.84 Å². The number of nitrogens with zero attached hydrogens (tertiary/aromatic N) is 2. The van der Waals surface area contributed by atoms with Crippen molar-refractivity contribution >= 4 is 15.5 Å². The first-order valence-corrected chi connectivity index (χ1v) is 8.42. The lowest BCUT2D eigenvalue weighted by Crippen LogP contribution is -2.14. The van der Waals surface area contributed by atoms with Gasteiger partial charge in [0.2, 0.25) is 5.88 Å². The minimum Gasteiger partial charge on any atom is -0.481 e. The van der Waals surface area contributed by atoms with Gasteiger partial charge in [-0.15, -0.1) is 0 Å². The Kier molecular flexibility index (Phi) is 4.74. The second kappa shape index (κ2) is 6.53. The number of pyridine rings is 2. The molecule has 0 bridgehead atoms. The Hall–Kier alpha value is -2.15. The summed E-state index contributed by atoms with van der Waals surface area (Å²) in [6.07, 6.45) is 6.19. The van der Waals surface area contributed by atoms with E-state index in [1.165, 1.54) is 6.26 Å². The molecule has 6 nitrogen and oxygen atoms in total. The van der Waals surface area contributed by atoms with Gasteiger partial charge in [0.15, 0.2) is 0 Å². The number of hydrogen-bond donors (Lipinski definition) is 1. The molecule has 0 aliphatic carbocycles. The molecular weight excluding hydrogens is 290 g/mol. The smallest absolute Gasteiger partial charge is 0.221 e. The first-order chi connectivity index (χ1) is 10.0. The maximum Gasteiger partial charge on any atom is 0.221 e. The van der Waals surface area contributed by atoms with E-state index in [0.29, 0.717) is 12.4 Å². The van der Waals surface area contributed by atoms with Crippen molar-refractivity contribution in [2.75, 3.05) is 31.0 Å². The van der Waals surface area contributed by atoms with Crippen molar-refractivity contribution < 1.29 is 13.2 Å². The van der Waals surface area contributed by atoms with Crippen LogP contribution in [-0.2, 0) is 9.84 Å². The second-order valence-corrected chi connectivity index (χ2v) is 6.80. The molecule has 0 aromatic carbocycles. The molecule has 2 heterocycles. The molecule has 0 aliphatic heterocycles. The van der Waals surface area contributed by atoms with Crippen molar-refractivity contribution in [3.8, 4) is 17.0 Å². The van der Waals surface area contributed by atoms with E-state index >= 15 is 0 Å². The van der Waals surface area contributed by atoms with Crippen LogP contribution in [-0.4, -0.2) is 44.0 Å². The van der Waals surface area contributed by atoms with Crippen molar-refractivity contribution in [3.63, 3.8) is 0 Å². The number of sulfone groups is 1. The molecular formula is C14H17N3O3S. The summed E-state index contributed by atoms with van der Waals surface area (Å²) in [6, 6.07) is 5.55. The summed E-state index contributed by atoms with van der Waals surface area (Å²) in [5.41, 5.74) is 2.43. The minimum atomic E-state index is -3.00. The van der Waals surface area contributed by atoms with Crippen LogP contribution in [0.15, 0.2) is 36.8 Å². The Balaban J connectivity index is 2.28. The van der Waals surface area contributed by atoms with Gasteiger partial charge in [0.25, 0.3) is 0 Å². The number of aromatic nitrogens is 2. The highest BCUT2D eigenvalue weighted by Crippen LogP contribution is 2.32. The Bertz CT molecular complexity index is 717. The summed E-state index contributed by atoms with van der Waals surface area (Å²) in [5.74, 6) is 0.570. The van der Waals surface area contributed by atoms with Crippen molar-refractivity contribution in [1.29, 1.82) is 0 Å². The summed E-state index contributed by atoms with van der Waals surface area (Å²) in [4.78, 5) is 8.24. The number of rotatable bonds is 6. The number of anilines is 1. The number of ether oxygens (including phenoxy) is 1. The minimum absolute atomic E-state index is 0.0610. The highest BCUT2D eigenvalue weighted by atomic mass is 32.2. The lowest BCUT2D eigenvalue weighted by atomic mass is 10.1. The summed E-state index contributed by atoms with van der Waals surface area (Å²) in [6.45, 7) is 0.320. The van der Waals surface area contributed by atoms with Crippen LogP contribution in [0.1, 0.15) is 0 Å². The summed E-state index contributed by atoms with van der Waals surface area (Å²) in [7, 11) is -1.45. The largest absolute Gasteiger partial charge is 0.481 e. The van der Waals surface area contributed by atoms with Crippen LogP contribution in [0, 0.1) is 0 Å². The number of nitrogens with one attached hydrogen (secondary N) is 1. The molecule has 0 atom stereocenters. The molecule has 0 aliphatic rings. The fourth-order valence-electron chi connectivity index (χ4n) is 1.90. The molecule has 0 spiro atoms. The van der Waals surface area contributed by atoms with E-state index in [4.69, 9.17) is 4.74 Å². The molecule has 112 valence electrons. The lowest BCUT2D eigenvalue weighted by Gasteiger charge is -2.13. The Morgan fingerprint density at radius 3 is 2.76 bits per heavy atom. The molecule has 7 heteroatoms. The molecule has 2 rings (SSSR count). The molecule has 1 N–H and O–H groups in total. The van der Waals surface area contributed by atoms with Crippen LogP contribution in [0.4, 0.5) is 5.69 Å². The number of methoxy groups -OCH3 is 1. The van der Waals surface area contributed by atoms with Gasteiger partial charge < -0.3 is 10.1 Å². The average molecular weight is 307 g/mol. The van der Waals surface area contributed by atoms with Crippen LogP contribution in [0.2, 0.25) is 0 Å². The Morgan fingerprint density at radius 2 is 2.05 bits per heavy atom. The molecule has 2 aromatic heterocycles. The van der Waals surface area contributed by atoms with Crippen molar-refractivity contribution in [2.45, 2.75) is 0 Å². The van der Waals surface area contributed by atoms with Crippen molar-refractivity contribution in [3.05, 3.63) is 36.8 Å². The van der Waals surface area contributed by atoms with Crippen LogP contribution in [0.3, 0.4) is 0 Å². The summed E-state index contributed by atoms with van der Waals surface area (Å²) >= 11 is 0. The molecule has 0 saturated carbocycles. The van der Waals surface area contributed by atoms with E-state index in [-0.39, 0.29) is 5.75 Å². The van der Waals surface area contributed by atoms with Crippen LogP contribution in [0.5, 0.6) is 5.88 Å². The molecule has 0 amide bonds. The summed E-state index contributed by atoms with van der Waals surface area (Å²) in [5, 5.41) is 3.09. The standard InChI is InChI=1S/C14H17N3O3S/c1-20-14-12(4-3-6-17-14)11-5-7-15-10-13(11)16-8-9-21(2,18)19/h3-7,10,16H,8-9H2,1-2H3. The quantitative estimate of drug-likeness (QED) is 0.873. The van der Waals surface area contributed by atoms with Gasteiger partial charge in [0, 0.05) is 36.3 Å². The normalized spacial score (nSPS) is 11.1.